The van der Waals surface area contributed by atoms with E-state index < -0.39 is 0 Å². The van der Waals surface area contributed by atoms with Crippen LogP contribution < -0.4 is 34.1 Å². The number of aryl methyl sites for hydroxylation is 1. The molecular weight excluding hydrogens is 811 g/mol. The highest BCUT2D eigenvalue weighted by Gasteiger charge is 2.36. The van der Waals surface area contributed by atoms with Crippen molar-refractivity contribution in [3.63, 3.8) is 0 Å². The number of aliphatic imine (C=N–C) groups is 2. The molecule has 0 bridgehead atoms. The normalized spacial score (nSPS) is 16.5. The molecule has 4 aromatic rings. The summed E-state index contributed by atoms with van der Waals surface area (Å²) < 4.78 is 23.7. The Morgan fingerprint density at radius 1 is 0.918 bits per heavy atom. The number of hydrogen-bond acceptors (Lipinski definition) is 11. The van der Waals surface area contributed by atoms with Gasteiger partial charge in [0.1, 0.15) is 0 Å². The Balaban J connectivity index is 0.906. The van der Waals surface area contributed by atoms with Gasteiger partial charge in [0.2, 0.25) is 12.3 Å². The highest BCUT2D eigenvalue weighted by Crippen LogP contribution is 2.42. The number of benzene rings is 4. The van der Waals surface area contributed by atoms with E-state index in [4.69, 9.17) is 28.9 Å². The topological polar surface area (TPSA) is 131 Å². The molecule has 7 rings (SSSR count). The van der Waals surface area contributed by atoms with Crippen LogP contribution in [-0.2, 0) is 22.4 Å². The molecule has 14 heteroatoms. The minimum absolute atomic E-state index is 0.00296. The maximum Gasteiger partial charge on any atom is 0.261 e. The van der Waals surface area contributed by atoms with Crippen molar-refractivity contribution < 1.29 is 33.3 Å². The molecule has 1 unspecified atom stereocenters. The molecule has 12 nitrogen and oxygen atoms in total. The fourth-order valence-electron chi connectivity index (χ4n) is 7.88. The van der Waals surface area contributed by atoms with Gasteiger partial charge in [-0.2, -0.15) is 0 Å². The largest absolute Gasteiger partial charge is 0.493 e. The molecule has 0 radical (unpaired) electrons. The molecule has 1 N–H and O–H groups in total. The Labute approximate surface area is 365 Å². The number of methoxy groups -OCH3 is 2. The summed E-state index contributed by atoms with van der Waals surface area (Å²) in [6.07, 6.45) is 11.4. The zero-order valence-corrected chi connectivity index (χ0v) is 37.2. The molecule has 61 heavy (non-hydrogen) atoms. The van der Waals surface area contributed by atoms with Gasteiger partial charge in [0.15, 0.2) is 23.0 Å². The van der Waals surface area contributed by atoms with Crippen molar-refractivity contribution in [2.24, 2.45) is 9.98 Å². The Morgan fingerprint density at radius 3 is 2.38 bits per heavy atom. The lowest BCUT2D eigenvalue weighted by atomic mass is 10.1. The second-order valence-corrected chi connectivity index (χ2v) is 19.0. The monoisotopic (exact) mass is 863 g/mol. The molecule has 0 fully saturated rings. The summed E-state index contributed by atoms with van der Waals surface area (Å²) in [5.74, 6) is 2.09. The number of rotatable bonds is 19. The fraction of sp³-hybridized carbons (Fsp3) is 0.383. The molecule has 0 saturated heterocycles. The lowest BCUT2D eigenvalue weighted by Gasteiger charge is -2.22. The van der Waals surface area contributed by atoms with Gasteiger partial charge in [-0.15, -0.1) is 0 Å². The Bertz CT molecular complexity index is 2330. The Hall–Kier alpha value is -5.47. The number of amides is 3. The molecule has 3 heterocycles. The summed E-state index contributed by atoms with van der Waals surface area (Å²) in [4.78, 5) is 51.9. The zero-order valence-electron chi connectivity index (χ0n) is 35.6. The minimum Gasteiger partial charge on any atom is -0.493 e. The van der Waals surface area contributed by atoms with Crippen LogP contribution >= 0.6 is 21.6 Å². The van der Waals surface area contributed by atoms with Crippen molar-refractivity contribution in [3.05, 3.63) is 89.0 Å². The van der Waals surface area contributed by atoms with Crippen LogP contribution in [0.5, 0.6) is 23.0 Å². The maximum absolute atomic E-state index is 13.7. The van der Waals surface area contributed by atoms with Crippen LogP contribution in [0.15, 0.2) is 76.7 Å². The van der Waals surface area contributed by atoms with Gasteiger partial charge in [0.05, 0.1) is 56.5 Å². The first-order valence-corrected chi connectivity index (χ1v) is 23.1. The van der Waals surface area contributed by atoms with E-state index in [0.717, 1.165) is 66.6 Å². The number of nitrogens with one attached hydrogen (secondary N) is 1. The fourth-order valence-corrected chi connectivity index (χ4v) is 10.1. The second-order valence-electron chi connectivity index (χ2n) is 15.9. The van der Waals surface area contributed by atoms with Crippen molar-refractivity contribution in [2.45, 2.75) is 82.5 Å². The number of para-hydroxylation sites is 1. The Morgan fingerprint density at radius 2 is 1.64 bits per heavy atom. The second kappa shape index (κ2) is 19.5. The van der Waals surface area contributed by atoms with Gasteiger partial charge in [-0.05, 0) is 99.7 Å². The molecule has 320 valence electrons. The first-order valence-electron chi connectivity index (χ1n) is 20.6. The van der Waals surface area contributed by atoms with Gasteiger partial charge in [-0.1, -0.05) is 45.9 Å². The molecule has 2 atom stereocenters. The van der Waals surface area contributed by atoms with Crippen LogP contribution in [0.1, 0.15) is 73.0 Å². The average Bonchev–Trinajstić information content (AvgIpc) is 3.77. The third-order valence-electron chi connectivity index (χ3n) is 11.1. The molecule has 0 spiro atoms. The summed E-state index contributed by atoms with van der Waals surface area (Å²) >= 11 is 0. The van der Waals surface area contributed by atoms with Crippen molar-refractivity contribution in [3.8, 4) is 23.0 Å². The molecule has 0 aromatic heterocycles. The van der Waals surface area contributed by atoms with Crippen molar-refractivity contribution >= 4 is 80.7 Å². The molecule has 3 amide bonds. The smallest absolute Gasteiger partial charge is 0.261 e. The van der Waals surface area contributed by atoms with E-state index >= 15 is 0 Å². The van der Waals surface area contributed by atoms with E-state index in [2.05, 4.69) is 25.2 Å². The van der Waals surface area contributed by atoms with Crippen LogP contribution in [0.25, 0.3) is 0 Å². The number of fused-ring (bicyclic) bond motifs is 5. The van der Waals surface area contributed by atoms with Gasteiger partial charge in [-0.3, -0.25) is 29.3 Å². The molecule has 3 aliphatic heterocycles. The summed E-state index contributed by atoms with van der Waals surface area (Å²) in [7, 11) is 6.66. The van der Waals surface area contributed by atoms with Crippen molar-refractivity contribution in [1.82, 2.24) is 0 Å². The molecular formula is C47H53N5O7S2. The standard InChI is InChI=1S/C47H53N5O7S2/c1-30-20-41(56-4)43(25-37(30)48-27-34-21-32-14-15-33(23-40(32)51(34)29-53)50-45(54)16-17-47(2,3)61-60-6)58-18-10-7-11-19-59-44-26-38-36(24-42(44)57-5)46(55)52-35(28-49-38)22-31-12-8-9-13-39(31)52/h8-9,12-15,20,23-29,34-35H,7,10-11,16-19,21-22H2,1-6H3,(H,50,54)/b48-27-/t34-,35?/m0/s1. The van der Waals surface area contributed by atoms with E-state index in [-0.39, 0.29) is 28.6 Å². The minimum atomic E-state index is -0.284. The summed E-state index contributed by atoms with van der Waals surface area (Å²) in [6.45, 7) is 7.16. The van der Waals surface area contributed by atoms with Gasteiger partial charge in [0.25, 0.3) is 5.91 Å². The molecule has 3 aliphatic rings. The van der Waals surface area contributed by atoms with Crippen molar-refractivity contribution in [1.29, 1.82) is 0 Å². The highest BCUT2D eigenvalue weighted by molar-refractivity contribution is 8.76. The molecule has 0 aliphatic carbocycles. The molecule has 0 saturated carbocycles. The number of unbranched alkanes of at least 4 members (excludes halogenated alkanes) is 2. The van der Waals surface area contributed by atoms with Crippen LogP contribution in [0.2, 0.25) is 0 Å². The van der Waals surface area contributed by atoms with E-state index in [1.54, 1.807) is 59.1 Å². The number of ether oxygens (including phenoxy) is 4. The van der Waals surface area contributed by atoms with Gasteiger partial charge in [-0.25, -0.2) is 0 Å². The van der Waals surface area contributed by atoms with Crippen LogP contribution in [0.3, 0.4) is 0 Å². The van der Waals surface area contributed by atoms with E-state index in [0.29, 0.717) is 71.7 Å². The highest BCUT2D eigenvalue weighted by atomic mass is 33.1. The van der Waals surface area contributed by atoms with Gasteiger partial charge in [0, 0.05) is 65.6 Å². The van der Waals surface area contributed by atoms with Crippen LogP contribution in [0.4, 0.5) is 28.4 Å². The predicted molar refractivity (Wildman–Crippen MR) is 248 cm³/mol. The number of carbonyl (C=O) groups excluding carboxylic acids is 3. The summed E-state index contributed by atoms with van der Waals surface area (Å²) in [6, 6.07) is 20.6. The third-order valence-corrected chi connectivity index (χ3v) is 13.8. The quantitative estimate of drug-likeness (QED) is 0.0424. The lowest BCUT2D eigenvalue weighted by Crippen LogP contribution is -2.37. The maximum atomic E-state index is 13.7. The van der Waals surface area contributed by atoms with Gasteiger partial charge < -0.3 is 29.2 Å². The first-order chi connectivity index (χ1) is 29.5. The summed E-state index contributed by atoms with van der Waals surface area (Å²) in [5, 5.41) is 3.01. The van der Waals surface area contributed by atoms with Crippen LogP contribution in [-0.4, -0.2) is 81.2 Å². The van der Waals surface area contributed by atoms with Crippen LogP contribution in [0, 0.1) is 6.92 Å². The third kappa shape index (κ3) is 10.0. The number of anilines is 3. The van der Waals surface area contributed by atoms with E-state index in [1.165, 1.54) is 0 Å². The predicted octanol–water partition coefficient (Wildman–Crippen LogP) is 9.73. The SMILES string of the molecule is COc1cc2c(cc1OCCCCCOc1cc(/N=C\[C@@H]3Cc4ccc(NC(=O)CCC(C)(C)SSC)cc4N3C=O)c(C)cc1OC)N=CC1Cc3ccccc3N1C2=O. The van der Waals surface area contributed by atoms with Gasteiger partial charge >= 0.3 is 0 Å². The number of carbonyl (C=O) groups is 3. The zero-order chi connectivity index (χ0) is 43.1. The number of nitrogens with zero attached hydrogens (tertiary/aromatic N) is 4. The lowest BCUT2D eigenvalue weighted by molar-refractivity contribution is -0.116. The van der Waals surface area contributed by atoms with E-state index in [9.17, 15) is 14.4 Å². The molecule has 4 aromatic carbocycles. The number of hydrogen-bond donors (Lipinski definition) is 1. The Kier molecular flexibility index (Phi) is 13.9. The summed E-state index contributed by atoms with van der Waals surface area (Å²) in [5.41, 5.74) is 7.16. The average molecular weight is 864 g/mol. The van der Waals surface area contributed by atoms with Crippen molar-refractivity contribution in [2.75, 3.05) is 48.8 Å². The first kappa shape index (κ1) is 43.6. The van der Waals surface area contributed by atoms with E-state index in [1.807, 2.05) is 72.8 Å².